The quantitative estimate of drug-likeness (QED) is 0.659. The number of benzene rings is 1. The number of hydrogen-bond acceptors (Lipinski definition) is 2. The summed E-state index contributed by atoms with van der Waals surface area (Å²) in [5, 5.41) is 4.27. The van der Waals surface area contributed by atoms with Gasteiger partial charge in [0, 0.05) is 5.56 Å². The maximum absolute atomic E-state index is 14.6. The van der Waals surface area contributed by atoms with Crippen LogP contribution >= 0.6 is 0 Å². The monoisotopic (exact) mass is 307 g/mol. The molecule has 0 amide bonds. The highest BCUT2D eigenvalue weighted by molar-refractivity contribution is 5.84. The summed E-state index contributed by atoms with van der Waals surface area (Å²) in [6.07, 6.45) is 6.97. The van der Waals surface area contributed by atoms with Crippen LogP contribution in [0.3, 0.4) is 0 Å². The molecule has 0 aliphatic rings. The zero-order chi connectivity index (χ0) is 16.6. The number of allylic oxidation sites excluding steroid dienone is 2. The topological polar surface area (TPSA) is 30.2 Å². The van der Waals surface area contributed by atoms with Crippen molar-refractivity contribution in [3.63, 3.8) is 0 Å². The van der Waals surface area contributed by atoms with Crippen molar-refractivity contribution in [3.05, 3.63) is 71.6 Å². The molecular formula is C19H18FN3. The molecule has 4 heteroatoms. The van der Waals surface area contributed by atoms with E-state index in [1.807, 2.05) is 44.2 Å². The van der Waals surface area contributed by atoms with Crippen molar-refractivity contribution in [1.82, 2.24) is 14.6 Å². The fraction of sp³-hybridized carbons (Fsp3) is 0.158. The van der Waals surface area contributed by atoms with Gasteiger partial charge in [-0.2, -0.15) is 5.10 Å². The van der Waals surface area contributed by atoms with E-state index in [1.165, 1.54) is 6.20 Å². The summed E-state index contributed by atoms with van der Waals surface area (Å²) in [7, 11) is 0. The van der Waals surface area contributed by atoms with Crippen molar-refractivity contribution in [3.8, 4) is 11.1 Å². The summed E-state index contributed by atoms with van der Waals surface area (Å²) >= 11 is 0. The maximum atomic E-state index is 14.6. The minimum absolute atomic E-state index is 0.296. The highest BCUT2D eigenvalue weighted by Gasteiger charge is 2.17. The molecule has 0 aliphatic heterocycles. The Labute approximate surface area is 134 Å². The second kappa shape index (κ2) is 5.80. The van der Waals surface area contributed by atoms with Crippen molar-refractivity contribution in [2.45, 2.75) is 20.8 Å². The van der Waals surface area contributed by atoms with E-state index in [0.717, 1.165) is 22.4 Å². The van der Waals surface area contributed by atoms with Crippen LogP contribution in [0.1, 0.15) is 22.6 Å². The summed E-state index contributed by atoms with van der Waals surface area (Å²) in [5.74, 6) is 0.325. The molecule has 1 aromatic carbocycles. The number of fused-ring (bicyclic) bond motifs is 1. The van der Waals surface area contributed by atoms with E-state index in [9.17, 15) is 4.39 Å². The zero-order valence-electron chi connectivity index (χ0n) is 13.5. The first-order valence-electron chi connectivity index (χ1n) is 7.43. The molecule has 23 heavy (non-hydrogen) atoms. The fourth-order valence-electron chi connectivity index (χ4n) is 2.79. The smallest absolute Gasteiger partial charge is 0.151 e. The molecule has 0 N–H and O–H groups in total. The van der Waals surface area contributed by atoms with Crippen LogP contribution < -0.4 is 0 Å². The van der Waals surface area contributed by atoms with Crippen molar-refractivity contribution in [2.75, 3.05) is 0 Å². The molecule has 3 nitrogen and oxygen atoms in total. The first kappa shape index (κ1) is 15.2. The van der Waals surface area contributed by atoms with Crippen LogP contribution in [0.25, 0.3) is 22.7 Å². The van der Waals surface area contributed by atoms with Gasteiger partial charge in [-0.15, -0.1) is 0 Å². The van der Waals surface area contributed by atoms with Gasteiger partial charge in [0.15, 0.2) is 5.82 Å². The van der Waals surface area contributed by atoms with Crippen molar-refractivity contribution < 1.29 is 4.39 Å². The third-order valence-electron chi connectivity index (χ3n) is 3.84. The number of halogens is 1. The van der Waals surface area contributed by atoms with Crippen LogP contribution in [0.2, 0.25) is 0 Å². The average Bonchev–Trinajstić information content (AvgIpc) is 2.82. The lowest BCUT2D eigenvalue weighted by molar-refractivity contribution is 0.627. The molecule has 0 radical (unpaired) electrons. The van der Waals surface area contributed by atoms with Crippen molar-refractivity contribution in [2.24, 2.45) is 0 Å². The van der Waals surface area contributed by atoms with Crippen LogP contribution in [-0.4, -0.2) is 14.6 Å². The molecular weight excluding hydrogens is 289 g/mol. The molecule has 0 aliphatic carbocycles. The van der Waals surface area contributed by atoms with Gasteiger partial charge in [-0.3, -0.25) is 0 Å². The average molecular weight is 307 g/mol. The van der Waals surface area contributed by atoms with E-state index in [1.54, 1.807) is 17.5 Å². The lowest BCUT2D eigenvalue weighted by Crippen LogP contribution is -1.99. The Hall–Kier alpha value is -2.75. The van der Waals surface area contributed by atoms with Crippen LogP contribution in [-0.2, 0) is 0 Å². The molecule has 0 fully saturated rings. The molecule has 0 atom stereocenters. The molecule has 2 aromatic heterocycles. The number of aryl methyl sites for hydroxylation is 3. The predicted molar refractivity (Wildman–Crippen MR) is 91.8 cm³/mol. The minimum atomic E-state index is -0.296. The fourth-order valence-corrected chi connectivity index (χ4v) is 2.79. The maximum Gasteiger partial charge on any atom is 0.151 e. The van der Waals surface area contributed by atoms with Crippen LogP contribution in [0.5, 0.6) is 0 Å². The highest BCUT2D eigenvalue weighted by Crippen LogP contribution is 2.31. The number of hydrogen-bond donors (Lipinski definition) is 0. The van der Waals surface area contributed by atoms with Gasteiger partial charge in [0.1, 0.15) is 5.82 Å². The van der Waals surface area contributed by atoms with Crippen LogP contribution in [0.15, 0.2) is 43.1 Å². The van der Waals surface area contributed by atoms with Gasteiger partial charge in [0.05, 0.1) is 17.4 Å². The van der Waals surface area contributed by atoms with Gasteiger partial charge < -0.3 is 0 Å². The molecule has 3 aromatic rings. The Morgan fingerprint density at radius 1 is 1.22 bits per heavy atom. The summed E-state index contributed by atoms with van der Waals surface area (Å²) < 4.78 is 16.1. The molecule has 0 saturated carbocycles. The second-order valence-electron chi connectivity index (χ2n) is 5.56. The molecule has 2 heterocycles. The summed E-state index contributed by atoms with van der Waals surface area (Å²) in [5.41, 5.74) is 4.98. The summed E-state index contributed by atoms with van der Waals surface area (Å²) in [4.78, 5) is 4.36. The number of rotatable bonds is 3. The molecule has 0 saturated heterocycles. The van der Waals surface area contributed by atoms with Gasteiger partial charge >= 0.3 is 0 Å². The van der Waals surface area contributed by atoms with Gasteiger partial charge in [-0.1, -0.05) is 36.9 Å². The first-order chi connectivity index (χ1) is 11.0. The molecule has 0 spiro atoms. The van der Waals surface area contributed by atoms with Gasteiger partial charge in [-0.05, 0) is 43.5 Å². The Morgan fingerprint density at radius 3 is 2.74 bits per heavy atom. The zero-order valence-corrected chi connectivity index (χ0v) is 13.5. The molecule has 3 rings (SSSR count). The van der Waals surface area contributed by atoms with Crippen molar-refractivity contribution in [1.29, 1.82) is 0 Å². The normalized spacial score (nSPS) is 11.5. The van der Waals surface area contributed by atoms with E-state index < -0.39 is 0 Å². The molecule has 0 bridgehead atoms. The number of nitrogens with zero attached hydrogens (tertiary/aromatic N) is 3. The van der Waals surface area contributed by atoms with Crippen LogP contribution in [0, 0.1) is 26.6 Å². The molecule has 116 valence electrons. The van der Waals surface area contributed by atoms with E-state index in [0.29, 0.717) is 16.9 Å². The third kappa shape index (κ3) is 2.68. The van der Waals surface area contributed by atoms with Gasteiger partial charge in [-0.25, -0.2) is 13.9 Å². The van der Waals surface area contributed by atoms with E-state index in [4.69, 9.17) is 0 Å². The largest absolute Gasteiger partial charge is 0.234 e. The highest BCUT2D eigenvalue weighted by atomic mass is 19.1. The summed E-state index contributed by atoms with van der Waals surface area (Å²) in [6.45, 7) is 9.39. The van der Waals surface area contributed by atoms with Crippen molar-refractivity contribution >= 4 is 11.6 Å². The summed E-state index contributed by atoms with van der Waals surface area (Å²) in [6, 6.07) is 5.90. The van der Waals surface area contributed by atoms with E-state index >= 15 is 0 Å². The SMILES string of the molecule is C=C/C=C\c1cc(-c2c(F)cn3nc(C)nc(C)c23)ccc1C. The van der Waals surface area contributed by atoms with Gasteiger partial charge in [0.25, 0.3) is 0 Å². The Kier molecular flexibility index (Phi) is 3.82. The van der Waals surface area contributed by atoms with Gasteiger partial charge in [0.2, 0.25) is 0 Å². The lowest BCUT2D eigenvalue weighted by Gasteiger charge is -2.07. The van der Waals surface area contributed by atoms with E-state index in [2.05, 4.69) is 16.7 Å². The number of aromatic nitrogens is 3. The predicted octanol–water partition coefficient (Wildman–Crippen LogP) is 4.66. The lowest BCUT2D eigenvalue weighted by atomic mass is 9.99. The van der Waals surface area contributed by atoms with Crippen LogP contribution in [0.4, 0.5) is 4.39 Å². The standard InChI is InChI=1S/C19H18FN3/c1-5-6-7-15-10-16(9-8-12(15)2)18-17(20)11-23-19(18)13(3)21-14(4)22-23/h5-11H,1H2,2-4H3/b7-6-. The Morgan fingerprint density at radius 2 is 2.00 bits per heavy atom. The Bertz CT molecular complexity index is 935. The second-order valence-corrected chi connectivity index (χ2v) is 5.56. The Balaban J connectivity index is 2.27. The molecule has 0 unspecified atom stereocenters. The minimum Gasteiger partial charge on any atom is -0.234 e. The third-order valence-corrected chi connectivity index (χ3v) is 3.84. The first-order valence-corrected chi connectivity index (χ1v) is 7.43. The van der Waals surface area contributed by atoms with E-state index in [-0.39, 0.29) is 5.82 Å².